The zero-order valence-electron chi connectivity index (χ0n) is 11.6. The van der Waals surface area contributed by atoms with E-state index >= 15 is 0 Å². The molecule has 102 valence electrons. The molecule has 1 fully saturated rings. The van der Waals surface area contributed by atoms with Gasteiger partial charge in [-0.3, -0.25) is 4.68 Å². The zero-order valence-corrected chi connectivity index (χ0v) is 11.6. The van der Waals surface area contributed by atoms with Gasteiger partial charge in [0.2, 0.25) is 0 Å². The molecule has 0 radical (unpaired) electrons. The maximum absolute atomic E-state index is 6.53. The molecule has 1 aromatic heterocycles. The van der Waals surface area contributed by atoms with Crippen LogP contribution in [0.25, 0.3) is 0 Å². The van der Waals surface area contributed by atoms with Crippen LogP contribution in [0.1, 0.15) is 57.7 Å². The van der Waals surface area contributed by atoms with Gasteiger partial charge in [0, 0.05) is 19.3 Å². The Morgan fingerprint density at radius 3 is 2.72 bits per heavy atom. The maximum Gasteiger partial charge on any atom is 0.0889 e. The molecule has 18 heavy (non-hydrogen) atoms. The summed E-state index contributed by atoms with van der Waals surface area (Å²) in [5.41, 5.74) is 7.45. The molecule has 0 aromatic carbocycles. The Hall–Kier alpha value is -0.870. The van der Waals surface area contributed by atoms with Crippen LogP contribution in [0.5, 0.6) is 0 Å². The topological polar surface area (TPSA) is 53.1 Å². The van der Waals surface area contributed by atoms with Crippen LogP contribution < -0.4 is 5.73 Å². The minimum atomic E-state index is -0.181. The normalized spacial score (nSPS) is 20.8. The highest BCUT2D eigenvalue weighted by molar-refractivity contribution is 5.13. The summed E-state index contributed by atoms with van der Waals surface area (Å²) in [7, 11) is 0. The van der Waals surface area contributed by atoms with Crippen LogP contribution in [0.3, 0.4) is 0 Å². The van der Waals surface area contributed by atoms with Gasteiger partial charge in [-0.2, -0.15) is 5.10 Å². The summed E-state index contributed by atoms with van der Waals surface area (Å²) in [6.07, 6.45) is 7.70. The number of aryl methyl sites for hydroxylation is 1. The predicted octanol–water partition coefficient (Wildman–Crippen LogP) is 2.64. The first-order chi connectivity index (χ1) is 8.73. The number of aromatic nitrogens is 2. The second-order valence-electron chi connectivity index (χ2n) is 5.11. The molecule has 1 atom stereocenters. The molecule has 4 nitrogen and oxygen atoms in total. The quantitative estimate of drug-likeness (QED) is 0.875. The molecule has 1 unspecified atom stereocenters. The van der Waals surface area contributed by atoms with Crippen LogP contribution in [-0.2, 0) is 11.3 Å². The van der Waals surface area contributed by atoms with Gasteiger partial charge < -0.3 is 10.5 Å². The Labute approximate surface area is 110 Å². The van der Waals surface area contributed by atoms with Gasteiger partial charge in [-0.05, 0) is 32.8 Å². The summed E-state index contributed by atoms with van der Waals surface area (Å²) >= 11 is 0. The highest BCUT2D eigenvalue weighted by atomic mass is 16.5. The van der Waals surface area contributed by atoms with Crippen molar-refractivity contribution in [1.82, 2.24) is 9.78 Å². The van der Waals surface area contributed by atoms with Crippen molar-refractivity contribution < 1.29 is 4.74 Å². The molecule has 1 aromatic rings. The monoisotopic (exact) mass is 251 g/mol. The first-order valence-corrected chi connectivity index (χ1v) is 7.14. The largest absolute Gasteiger partial charge is 0.373 e. The van der Waals surface area contributed by atoms with Crippen molar-refractivity contribution in [2.75, 3.05) is 6.61 Å². The van der Waals surface area contributed by atoms with E-state index in [1.165, 1.54) is 19.3 Å². The van der Waals surface area contributed by atoms with Gasteiger partial charge in [-0.25, -0.2) is 0 Å². The fourth-order valence-corrected chi connectivity index (χ4v) is 3.12. The Balaban J connectivity index is 2.24. The van der Waals surface area contributed by atoms with Crippen molar-refractivity contribution in [3.63, 3.8) is 0 Å². The van der Waals surface area contributed by atoms with E-state index < -0.39 is 0 Å². The summed E-state index contributed by atoms with van der Waals surface area (Å²) in [6.45, 7) is 5.74. The molecule has 1 aliphatic carbocycles. The van der Waals surface area contributed by atoms with Gasteiger partial charge in [0.1, 0.15) is 0 Å². The van der Waals surface area contributed by atoms with E-state index in [4.69, 9.17) is 10.5 Å². The third-order valence-electron chi connectivity index (χ3n) is 4.07. The predicted molar refractivity (Wildman–Crippen MR) is 72.3 cm³/mol. The van der Waals surface area contributed by atoms with Gasteiger partial charge in [0.15, 0.2) is 0 Å². The summed E-state index contributed by atoms with van der Waals surface area (Å²) < 4.78 is 8.08. The van der Waals surface area contributed by atoms with Crippen LogP contribution in [0, 0.1) is 0 Å². The first-order valence-electron chi connectivity index (χ1n) is 7.14. The van der Waals surface area contributed by atoms with E-state index in [2.05, 4.69) is 18.9 Å². The van der Waals surface area contributed by atoms with E-state index in [1.54, 1.807) is 0 Å². The molecule has 0 amide bonds. The highest BCUT2D eigenvalue weighted by Gasteiger charge is 2.40. The smallest absolute Gasteiger partial charge is 0.0889 e. The lowest BCUT2D eigenvalue weighted by atomic mass is 9.78. The molecule has 1 aliphatic rings. The molecule has 1 saturated carbocycles. The van der Waals surface area contributed by atoms with Crippen molar-refractivity contribution in [3.8, 4) is 0 Å². The number of nitrogens with two attached hydrogens (primary N) is 1. The van der Waals surface area contributed by atoms with Crippen LogP contribution in [0.2, 0.25) is 0 Å². The second kappa shape index (κ2) is 5.85. The summed E-state index contributed by atoms with van der Waals surface area (Å²) in [6, 6.07) is 1.96. The minimum Gasteiger partial charge on any atom is -0.373 e. The number of rotatable bonds is 5. The van der Waals surface area contributed by atoms with Gasteiger partial charge in [-0.1, -0.05) is 19.3 Å². The average Bonchev–Trinajstić information content (AvgIpc) is 2.87. The Bertz CT molecular complexity index is 363. The van der Waals surface area contributed by atoms with Crippen LogP contribution in [0.15, 0.2) is 12.3 Å². The fraction of sp³-hybridized carbons (Fsp3) is 0.786. The van der Waals surface area contributed by atoms with Crippen LogP contribution in [0.4, 0.5) is 0 Å². The van der Waals surface area contributed by atoms with Crippen molar-refractivity contribution in [3.05, 3.63) is 18.0 Å². The van der Waals surface area contributed by atoms with Gasteiger partial charge in [0.05, 0.1) is 17.3 Å². The Morgan fingerprint density at radius 1 is 1.39 bits per heavy atom. The second-order valence-corrected chi connectivity index (χ2v) is 5.11. The molecule has 1 heterocycles. The average molecular weight is 251 g/mol. The van der Waals surface area contributed by atoms with Crippen LogP contribution in [-0.4, -0.2) is 22.0 Å². The first kappa shape index (κ1) is 13.6. The Kier molecular flexibility index (Phi) is 4.40. The zero-order chi connectivity index (χ0) is 13.0. The molecule has 4 heteroatoms. The summed E-state index contributed by atoms with van der Waals surface area (Å²) in [5.74, 6) is 0. The van der Waals surface area contributed by atoms with Crippen molar-refractivity contribution in [2.24, 2.45) is 5.73 Å². The number of nitrogens with zero attached hydrogens (tertiary/aromatic N) is 2. The van der Waals surface area contributed by atoms with Crippen molar-refractivity contribution >= 4 is 0 Å². The van der Waals surface area contributed by atoms with Crippen molar-refractivity contribution in [2.45, 2.75) is 64.1 Å². The molecule has 0 aliphatic heterocycles. The van der Waals surface area contributed by atoms with Gasteiger partial charge >= 0.3 is 0 Å². The lowest BCUT2D eigenvalue weighted by Crippen LogP contribution is -2.46. The number of hydrogen-bond donors (Lipinski definition) is 1. The minimum absolute atomic E-state index is 0.0693. The highest BCUT2D eigenvalue weighted by Crippen LogP contribution is 2.40. The summed E-state index contributed by atoms with van der Waals surface area (Å²) in [5, 5.41) is 4.32. The SMILES string of the molecule is CCOC1(C(N)c2ccnn2CC)CCCCC1. The molecule has 0 spiro atoms. The number of ether oxygens (including phenoxy) is 1. The third kappa shape index (κ3) is 2.45. The molecule has 0 saturated heterocycles. The van der Waals surface area contributed by atoms with E-state index in [1.807, 2.05) is 16.9 Å². The molecular weight excluding hydrogens is 226 g/mol. The molecule has 2 N–H and O–H groups in total. The van der Waals surface area contributed by atoms with Crippen molar-refractivity contribution in [1.29, 1.82) is 0 Å². The Morgan fingerprint density at radius 2 is 2.11 bits per heavy atom. The van der Waals surface area contributed by atoms with E-state index in [0.29, 0.717) is 0 Å². The van der Waals surface area contributed by atoms with E-state index in [-0.39, 0.29) is 11.6 Å². The van der Waals surface area contributed by atoms with Gasteiger partial charge in [-0.15, -0.1) is 0 Å². The standard InChI is InChI=1S/C14H25N3O/c1-3-17-12(8-11-16-17)13(15)14(18-4-2)9-6-5-7-10-14/h8,11,13H,3-7,9-10,15H2,1-2H3. The van der Waals surface area contributed by atoms with E-state index in [9.17, 15) is 0 Å². The fourth-order valence-electron chi connectivity index (χ4n) is 3.12. The molecular formula is C14H25N3O. The molecule has 2 rings (SSSR count). The lowest BCUT2D eigenvalue weighted by molar-refractivity contribution is -0.0845. The maximum atomic E-state index is 6.53. The lowest BCUT2D eigenvalue weighted by Gasteiger charge is -2.41. The van der Waals surface area contributed by atoms with E-state index in [0.717, 1.165) is 31.7 Å². The van der Waals surface area contributed by atoms with Crippen LogP contribution >= 0.6 is 0 Å². The van der Waals surface area contributed by atoms with Gasteiger partial charge in [0.25, 0.3) is 0 Å². The number of hydrogen-bond acceptors (Lipinski definition) is 3. The summed E-state index contributed by atoms with van der Waals surface area (Å²) in [4.78, 5) is 0. The third-order valence-corrected chi connectivity index (χ3v) is 4.07. The molecule has 0 bridgehead atoms.